The van der Waals surface area contributed by atoms with Crippen LogP contribution in [0.1, 0.15) is 0 Å². The third kappa shape index (κ3) is 31.3. The van der Waals surface area contributed by atoms with E-state index in [1.54, 1.807) is 0 Å². The van der Waals surface area contributed by atoms with Crippen LogP contribution in [0.5, 0.6) is 0 Å². The molecule has 0 rings (SSSR count). The summed E-state index contributed by atoms with van der Waals surface area (Å²) in [5.41, 5.74) is 0. The first kappa shape index (κ1) is 29.8. The second-order valence-electron chi connectivity index (χ2n) is 1.22. The number of hydrogen-bond donors (Lipinski definition) is 4. The summed E-state index contributed by atoms with van der Waals surface area (Å²) in [5, 5.41) is 29.6. The van der Waals surface area contributed by atoms with Crippen molar-refractivity contribution in [2.24, 2.45) is 0 Å². The van der Waals surface area contributed by atoms with E-state index in [0.29, 0.717) is 0 Å². The molecule has 0 aromatic heterocycles. The van der Waals surface area contributed by atoms with Gasteiger partial charge < -0.3 is 20.4 Å². The molecule has 0 aliphatic carbocycles. The average molecular weight is 308 g/mol. The molecule has 0 aliphatic rings. The van der Waals surface area contributed by atoms with Crippen molar-refractivity contribution < 1.29 is 61.3 Å². The zero-order valence-corrected chi connectivity index (χ0v) is 13.3. The maximum atomic E-state index is 9.10. The number of hydrogen-bond acceptors (Lipinski definition) is 4. The second-order valence-corrected chi connectivity index (χ2v) is 1.22. The molecule has 15 heavy (non-hydrogen) atoms. The van der Waals surface area contributed by atoms with E-state index >= 15 is 0 Å². The maximum absolute atomic E-state index is 9.10. The molecule has 4 N–H and O–H groups in total. The van der Waals surface area contributed by atoms with E-state index in [1.165, 1.54) is 0 Å². The van der Waals surface area contributed by atoms with Crippen LogP contribution in [0.25, 0.3) is 0 Å². The summed E-state index contributed by atoms with van der Waals surface area (Å²) in [7, 11) is 0. The molecule has 0 unspecified atom stereocenters. The van der Waals surface area contributed by atoms with Gasteiger partial charge in [0, 0.05) is 0 Å². The van der Waals surface area contributed by atoms with E-state index in [1.807, 2.05) is 0 Å². The van der Waals surface area contributed by atoms with Crippen LogP contribution in [0.3, 0.4) is 0 Å². The Morgan fingerprint density at radius 1 is 0.533 bits per heavy atom. The van der Waals surface area contributed by atoms with Crippen molar-refractivity contribution in [3.05, 3.63) is 0 Å². The number of aliphatic carboxylic acids is 4. The summed E-state index contributed by atoms with van der Waals surface area (Å²) in [6.07, 6.45) is 0. The van der Waals surface area contributed by atoms with Gasteiger partial charge in [0.15, 0.2) is 0 Å². The third-order valence-corrected chi connectivity index (χ3v) is 0.366. The number of carboxylic acids is 4. The van der Waals surface area contributed by atoms with Crippen LogP contribution in [0, 0.1) is 0 Å². The van der Waals surface area contributed by atoms with Gasteiger partial charge in [-0.05, 0) is 0 Å². The van der Waals surface area contributed by atoms with Crippen LogP contribution in [0.15, 0.2) is 0 Å². The first-order valence-electron chi connectivity index (χ1n) is 2.21. The van der Waals surface area contributed by atoms with Gasteiger partial charge in [-0.1, -0.05) is 0 Å². The Balaban J connectivity index is -0.0000000370. The molecular weight excluding hydrogens is 304 g/mol. The zero-order chi connectivity index (χ0) is 10.3. The van der Waals surface area contributed by atoms with Gasteiger partial charge in [0.25, 0.3) is 0 Å². The Bertz CT molecular complexity index is 181. The molecule has 0 bridgehead atoms. The van der Waals surface area contributed by atoms with Gasteiger partial charge >= 0.3 is 121 Å². The Labute approximate surface area is 158 Å². The predicted molar refractivity (Wildman–Crippen MR) is 42.1 cm³/mol. The van der Waals surface area contributed by atoms with Crippen molar-refractivity contribution in [3.8, 4) is 0 Å². The van der Waals surface area contributed by atoms with Crippen LogP contribution in [-0.2, 0) is 40.9 Å². The fourth-order valence-electron chi connectivity index (χ4n) is 0. The molecule has 0 atom stereocenters. The topological polar surface area (TPSA) is 149 Å². The molecule has 0 saturated carbocycles. The molecule has 68 valence electrons. The Hall–Kier alpha value is 1.11. The van der Waals surface area contributed by atoms with Crippen molar-refractivity contribution in [1.29, 1.82) is 0 Å². The molecule has 0 aliphatic heterocycles. The van der Waals surface area contributed by atoms with Crippen molar-refractivity contribution in [2.75, 3.05) is 0 Å². The van der Waals surface area contributed by atoms with Crippen molar-refractivity contribution in [3.63, 3.8) is 0 Å². The van der Waals surface area contributed by atoms with Gasteiger partial charge in [0.2, 0.25) is 0 Å². The van der Waals surface area contributed by atoms with Crippen LogP contribution in [0.2, 0.25) is 0 Å². The largest absolute Gasteiger partial charge is 4.00 e. The summed E-state index contributed by atoms with van der Waals surface area (Å²) < 4.78 is 0. The van der Waals surface area contributed by atoms with Crippen LogP contribution in [-0.4, -0.2) is 120 Å². The maximum Gasteiger partial charge on any atom is 4.00 e. The number of rotatable bonds is 0. The van der Waals surface area contributed by atoms with E-state index < -0.39 is 23.9 Å². The molecule has 0 saturated heterocycles. The van der Waals surface area contributed by atoms with Crippen molar-refractivity contribution in [1.82, 2.24) is 0 Å². The summed E-state index contributed by atoms with van der Waals surface area (Å²) >= 11 is 0. The quantitative estimate of drug-likeness (QED) is 0.284. The van der Waals surface area contributed by atoms with E-state index in [2.05, 4.69) is 0 Å². The Morgan fingerprint density at radius 2 is 0.600 bits per heavy atom. The minimum absolute atomic E-state index is 0. The third-order valence-electron chi connectivity index (χ3n) is 0.366. The molecule has 0 aromatic carbocycles. The molecule has 0 spiro atoms. The van der Waals surface area contributed by atoms with Gasteiger partial charge in [-0.15, -0.1) is 0 Å². The molecule has 0 radical (unpaired) electrons. The predicted octanol–water partition coefficient (Wildman–Crippen LogP) is -2.45. The fourth-order valence-corrected chi connectivity index (χ4v) is 0. The monoisotopic (exact) mass is 308 g/mol. The van der Waals surface area contributed by atoms with E-state index in [0.717, 1.165) is 0 Å². The molecule has 0 amide bonds. The zero-order valence-electron chi connectivity index (χ0n) is 7.34. The Kier molecular flexibility index (Phi) is 34.8. The smallest absolute Gasteiger partial charge is 0.473 e. The van der Waals surface area contributed by atoms with Crippen molar-refractivity contribution in [2.45, 2.75) is 0 Å². The average Bonchev–Trinajstić information content (AvgIpc) is 1.88. The summed E-state index contributed by atoms with van der Waals surface area (Å²) in [6, 6.07) is 0. The van der Waals surface area contributed by atoms with Gasteiger partial charge in [0.05, 0.1) is 0 Å². The van der Waals surface area contributed by atoms with E-state index in [9.17, 15) is 0 Å². The standard InChI is InChI=1S/2C2H2O4.2Ca.Ti/c2*3-1(4)2(5)6;;;/h2*(H,3,4)(H,5,6);;;/q;;2*+2;+4. The Morgan fingerprint density at radius 3 is 0.600 bits per heavy atom. The summed E-state index contributed by atoms with van der Waals surface area (Å²) in [6.45, 7) is 0. The molecule has 8 nitrogen and oxygen atoms in total. The minimum Gasteiger partial charge on any atom is -0.473 e. The summed E-state index contributed by atoms with van der Waals surface area (Å²) in [5.74, 6) is -7.30. The van der Waals surface area contributed by atoms with E-state index in [4.69, 9.17) is 39.6 Å². The summed E-state index contributed by atoms with van der Waals surface area (Å²) in [4.78, 5) is 36.4. The van der Waals surface area contributed by atoms with Crippen LogP contribution in [0.4, 0.5) is 0 Å². The van der Waals surface area contributed by atoms with Gasteiger partial charge in [-0.25, -0.2) is 19.2 Å². The molecular formula is C4H4Ca2O8Ti+8. The molecule has 0 fully saturated rings. The minimum atomic E-state index is -1.82. The van der Waals surface area contributed by atoms with Crippen LogP contribution >= 0.6 is 0 Å². The first-order valence-corrected chi connectivity index (χ1v) is 2.21. The van der Waals surface area contributed by atoms with Gasteiger partial charge in [-0.2, -0.15) is 0 Å². The number of carboxylic acid groups (broad SMARTS) is 4. The molecule has 0 heterocycles. The van der Waals surface area contributed by atoms with E-state index in [-0.39, 0.29) is 97.2 Å². The molecule has 0 aromatic rings. The number of carbonyl (C=O) groups is 4. The second kappa shape index (κ2) is 17.5. The molecule has 11 heteroatoms. The normalized spacial score (nSPS) is 5.87. The van der Waals surface area contributed by atoms with Crippen molar-refractivity contribution >= 4 is 99.4 Å². The van der Waals surface area contributed by atoms with Gasteiger partial charge in [-0.3, -0.25) is 0 Å². The van der Waals surface area contributed by atoms with Crippen LogP contribution < -0.4 is 0 Å². The first-order chi connectivity index (χ1) is 5.29. The SMILES string of the molecule is O=C(O)C(=O)O.O=C(O)C(=O)O.[Ca+2].[Ca+2].[Ti+4]. The van der Waals surface area contributed by atoms with Gasteiger partial charge in [0.1, 0.15) is 0 Å². The fraction of sp³-hybridized carbons (Fsp3) is 0.